The van der Waals surface area contributed by atoms with Crippen LogP contribution in [-0.2, 0) is 4.79 Å². The van der Waals surface area contributed by atoms with E-state index in [1.165, 1.54) is 37.8 Å². The van der Waals surface area contributed by atoms with Crippen molar-refractivity contribution in [3.63, 3.8) is 0 Å². The molecule has 2 fully saturated rings. The molecule has 0 saturated heterocycles. The van der Waals surface area contributed by atoms with Gasteiger partial charge in [0.05, 0.1) is 11.7 Å². The molecule has 29 heavy (non-hydrogen) atoms. The van der Waals surface area contributed by atoms with Crippen molar-refractivity contribution in [2.24, 2.45) is 17.8 Å². The van der Waals surface area contributed by atoms with E-state index < -0.39 is 12.1 Å². The molecule has 5 atom stereocenters. The van der Waals surface area contributed by atoms with Crippen molar-refractivity contribution >= 4 is 17.7 Å². The number of nitrogens with zero attached hydrogens (tertiary/aromatic N) is 1. The van der Waals surface area contributed by atoms with Crippen molar-refractivity contribution in [1.29, 1.82) is 0 Å². The van der Waals surface area contributed by atoms with Crippen LogP contribution in [0.1, 0.15) is 43.8 Å². The minimum absolute atomic E-state index is 0.239. The second kappa shape index (κ2) is 8.92. The van der Waals surface area contributed by atoms with Gasteiger partial charge in [0.25, 0.3) is 0 Å². The molecule has 0 aromatic heterocycles. The monoisotopic (exact) mass is 417 g/mol. The topological polar surface area (TPSA) is 60.8 Å². The van der Waals surface area contributed by atoms with Crippen molar-refractivity contribution in [3.8, 4) is 0 Å². The molecule has 2 bridgehead atoms. The predicted octanol–water partition coefficient (Wildman–Crippen LogP) is 4.59. The summed E-state index contributed by atoms with van der Waals surface area (Å²) >= 11 is 1.56. The van der Waals surface area contributed by atoms with Crippen LogP contribution in [0.2, 0.25) is 0 Å². The third-order valence-electron chi connectivity index (χ3n) is 6.62. The average Bonchev–Trinajstić information content (AvgIpc) is 3.32. The number of aliphatic carboxylic acids is 1. The number of fused-ring (bicyclic) bond motifs is 2. The molecular weight excluding hydrogens is 389 g/mol. The number of rotatable bonds is 8. The lowest BCUT2D eigenvalue weighted by Crippen LogP contribution is -2.39. The fourth-order valence-electron chi connectivity index (χ4n) is 5.13. The van der Waals surface area contributed by atoms with Crippen LogP contribution < -0.4 is 0 Å². The van der Waals surface area contributed by atoms with Gasteiger partial charge in [0.2, 0.25) is 0 Å². The van der Waals surface area contributed by atoms with E-state index in [0.29, 0.717) is 29.2 Å². The molecule has 4 nitrogen and oxygen atoms in total. The molecular formula is C23H28FNO3S. The number of benzene rings is 1. The zero-order valence-electron chi connectivity index (χ0n) is 16.4. The van der Waals surface area contributed by atoms with E-state index in [1.54, 1.807) is 30.0 Å². The van der Waals surface area contributed by atoms with Gasteiger partial charge in [0, 0.05) is 12.7 Å². The second-order valence-electron chi connectivity index (χ2n) is 8.48. The first-order valence-electron chi connectivity index (χ1n) is 10.4. The highest BCUT2D eigenvalue weighted by Gasteiger charge is 2.41. The standard InChI is InChI=1S/C23H28FNO3S/c24-19-7-5-16(6-8-19)21(26)9-11-29-22-20(23(27)28)2-1-10-25(22)14-18-13-15-3-4-17(18)12-15/h1-2,5-8,10,15,17-18,21-22,26H,3-4,9,11-14H2,(H,27,28). The third-order valence-corrected chi connectivity index (χ3v) is 7.93. The highest BCUT2D eigenvalue weighted by atomic mass is 32.2. The maximum Gasteiger partial charge on any atom is 0.334 e. The van der Waals surface area contributed by atoms with Crippen molar-refractivity contribution in [1.82, 2.24) is 4.90 Å². The Morgan fingerprint density at radius 2 is 2.03 bits per heavy atom. The molecule has 156 valence electrons. The molecule has 6 heteroatoms. The fraction of sp³-hybridized carbons (Fsp3) is 0.522. The van der Waals surface area contributed by atoms with Crippen LogP contribution in [0.5, 0.6) is 0 Å². The second-order valence-corrected chi connectivity index (χ2v) is 9.67. The van der Waals surface area contributed by atoms with E-state index >= 15 is 0 Å². The molecule has 1 aliphatic heterocycles. The van der Waals surface area contributed by atoms with Crippen LogP contribution in [0.15, 0.2) is 48.2 Å². The van der Waals surface area contributed by atoms with Crippen LogP contribution in [0.4, 0.5) is 4.39 Å². The Hall–Kier alpha value is -1.79. The highest BCUT2D eigenvalue weighted by molar-refractivity contribution is 8.00. The van der Waals surface area contributed by atoms with Gasteiger partial charge in [-0.25, -0.2) is 9.18 Å². The van der Waals surface area contributed by atoms with Crippen LogP contribution in [0.25, 0.3) is 0 Å². The minimum atomic E-state index is -0.885. The number of aliphatic hydroxyl groups is 1. The van der Waals surface area contributed by atoms with Crippen molar-refractivity contribution in [2.45, 2.75) is 43.6 Å². The molecule has 2 N–H and O–H groups in total. The van der Waals surface area contributed by atoms with Crippen LogP contribution in [-0.4, -0.2) is 38.8 Å². The van der Waals surface area contributed by atoms with Gasteiger partial charge in [-0.3, -0.25) is 0 Å². The molecule has 2 saturated carbocycles. The number of halogens is 1. The van der Waals surface area contributed by atoms with Crippen molar-refractivity contribution in [3.05, 3.63) is 59.6 Å². The van der Waals surface area contributed by atoms with Gasteiger partial charge in [-0.05, 0) is 79.0 Å². The van der Waals surface area contributed by atoms with Gasteiger partial charge < -0.3 is 15.1 Å². The number of hydrogen-bond acceptors (Lipinski definition) is 4. The average molecular weight is 418 g/mol. The summed E-state index contributed by atoms with van der Waals surface area (Å²) in [6.07, 6.45) is 10.6. The first-order chi connectivity index (χ1) is 14.0. The maximum absolute atomic E-state index is 13.1. The SMILES string of the molecule is O=C(O)C1=CC=CN(CC2CC3CCC2C3)C1SCCC(O)c1ccc(F)cc1. The largest absolute Gasteiger partial charge is 0.478 e. The Morgan fingerprint density at radius 1 is 1.24 bits per heavy atom. The number of carboxylic acids is 1. The summed E-state index contributed by atoms with van der Waals surface area (Å²) in [4.78, 5) is 14.0. The molecule has 1 aromatic carbocycles. The number of thioether (sulfide) groups is 1. The molecule has 0 spiro atoms. The summed E-state index contributed by atoms with van der Waals surface area (Å²) in [5.41, 5.74) is 1.08. The first kappa shape index (κ1) is 20.5. The summed E-state index contributed by atoms with van der Waals surface area (Å²) in [5.74, 6) is 1.72. The highest BCUT2D eigenvalue weighted by Crippen LogP contribution is 2.49. The van der Waals surface area contributed by atoms with Gasteiger partial charge in [-0.1, -0.05) is 18.6 Å². The lowest BCUT2D eigenvalue weighted by Gasteiger charge is -2.36. The number of carboxylic acid groups (broad SMARTS) is 1. The molecule has 3 aliphatic rings. The first-order valence-corrected chi connectivity index (χ1v) is 11.5. The van der Waals surface area contributed by atoms with Gasteiger partial charge in [0.1, 0.15) is 11.2 Å². The van der Waals surface area contributed by atoms with Crippen molar-refractivity contribution in [2.75, 3.05) is 12.3 Å². The number of aliphatic hydroxyl groups excluding tert-OH is 1. The predicted molar refractivity (Wildman–Crippen MR) is 113 cm³/mol. The molecule has 1 heterocycles. The molecule has 0 amide bonds. The van der Waals surface area contributed by atoms with E-state index in [-0.39, 0.29) is 11.2 Å². The number of hydrogen-bond donors (Lipinski definition) is 2. The molecule has 5 unspecified atom stereocenters. The summed E-state index contributed by atoms with van der Waals surface area (Å²) in [6.45, 7) is 0.903. The summed E-state index contributed by atoms with van der Waals surface area (Å²) < 4.78 is 13.1. The molecule has 0 radical (unpaired) electrons. The van der Waals surface area contributed by atoms with E-state index in [9.17, 15) is 19.4 Å². The Balaban J connectivity index is 1.37. The molecule has 4 rings (SSSR count). The van der Waals surface area contributed by atoms with E-state index in [2.05, 4.69) is 4.90 Å². The van der Waals surface area contributed by atoms with Gasteiger partial charge in [-0.15, -0.1) is 11.8 Å². The summed E-state index contributed by atoms with van der Waals surface area (Å²) in [7, 11) is 0. The fourth-order valence-corrected chi connectivity index (χ4v) is 6.42. The minimum Gasteiger partial charge on any atom is -0.478 e. The zero-order chi connectivity index (χ0) is 20.4. The van der Waals surface area contributed by atoms with Crippen LogP contribution in [0.3, 0.4) is 0 Å². The number of carbonyl (C=O) groups is 1. The Morgan fingerprint density at radius 3 is 2.69 bits per heavy atom. The normalized spacial score (nSPS) is 29.2. The van der Waals surface area contributed by atoms with Gasteiger partial charge >= 0.3 is 5.97 Å². The quantitative estimate of drug-likeness (QED) is 0.648. The third kappa shape index (κ3) is 4.69. The van der Waals surface area contributed by atoms with Gasteiger partial charge in [0.15, 0.2) is 0 Å². The van der Waals surface area contributed by atoms with E-state index in [0.717, 1.165) is 18.4 Å². The van der Waals surface area contributed by atoms with Crippen LogP contribution >= 0.6 is 11.8 Å². The van der Waals surface area contributed by atoms with Crippen molar-refractivity contribution < 1.29 is 19.4 Å². The Kier molecular flexibility index (Phi) is 6.30. The Labute approximate surface area is 175 Å². The smallest absolute Gasteiger partial charge is 0.334 e. The van der Waals surface area contributed by atoms with E-state index in [4.69, 9.17) is 0 Å². The van der Waals surface area contributed by atoms with Gasteiger partial charge in [-0.2, -0.15) is 0 Å². The molecule has 1 aromatic rings. The summed E-state index contributed by atoms with van der Waals surface area (Å²) in [5, 5.41) is 19.8. The lowest BCUT2D eigenvalue weighted by molar-refractivity contribution is -0.133. The summed E-state index contributed by atoms with van der Waals surface area (Å²) in [6, 6.07) is 5.88. The maximum atomic E-state index is 13.1. The lowest BCUT2D eigenvalue weighted by atomic mass is 9.88. The zero-order valence-corrected chi connectivity index (χ0v) is 17.2. The van der Waals surface area contributed by atoms with E-state index in [1.807, 2.05) is 12.3 Å². The number of allylic oxidation sites excluding steroid dienone is 2. The van der Waals surface area contributed by atoms with Crippen LogP contribution in [0, 0.1) is 23.6 Å². The molecule has 2 aliphatic carbocycles. The Bertz CT molecular complexity index is 794.